The highest BCUT2D eigenvalue weighted by molar-refractivity contribution is 5.92. The maximum Gasteiger partial charge on any atom is 0.273 e. The number of aliphatic hydroxyl groups is 1. The molecule has 1 atom stereocenters. The zero-order valence-corrected chi connectivity index (χ0v) is 17.8. The first kappa shape index (κ1) is 21.7. The van der Waals surface area contributed by atoms with Crippen molar-refractivity contribution < 1.29 is 9.90 Å². The van der Waals surface area contributed by atoms with Crippen molar-refractivity contribution in [3.8, 4) is 0 Å². The van der Waals surface area contributed by atoms with E-state index in [1.807, 2.05) is 67.6 Å². The minimum absolute atomic E-state index is 0.0101. The number of aromatic nitrogens is 3. The van der Waals surface area contributed by atoms with Crippen LogP contribution < -0.4 is 5.32 Å². The number of carbonyl (C=O) groups excluding carboxylic acids is 1. The number of nitrogens with zero attached hydrogens (tertiary/aromatic N) is 3. The van der Waals surface area contributed by atoms with E-state index in [0.717, 1.165) is 24.0 Å². The quantitative estimate of drug-likeness (QED) is 0.563. The van der Waals surface area contributed by atoms with E-state index < -0.39 is 5.60 Å². The highest BCUT2D eigenvalue weighted by Gasteiger charge is 2.21. The van der Waals surface area contributed by atoms with Crippen LogP contribution in [-0.4, -0.2) is 37.7 Å². The zero-order chi connectivity index (χ0) is 21.6. The number of benzene rings is 2. The minimum atomic E-state index is -0.684. The first-order chi connectivity index (χ1) is 14.3. The van der Waals surface area contributed by atoms with Crippen LogP contribution in [-0.2, 0) is 0 Å². The van der Waals surface area contributed by atoms with E-state index >= 15 is 0 Å². The van der Waals surface area contributed by atoms with E-state index in [0.29, 0.717) is 12.1 Å². The van der Waals surface area contributed by atoms with Gasteiger partial charge in [-0.15, -0.1) is 5.10 Å². The molecule has 2 N–H and O–H groups in total. The lowest BCUT2D eigenvalue weighted by atomic mass is 9.99. The summed E-state index contributed by atoms with van der Waals surface area (Å²) in [5.74, 6) is -0.239. The molecular formula is C24H30N4O2. The fourth-order valence-corrected chi connectivity index (χ4v) is 3.49. The predicted molar refractivity (Wildman–Crippen MR) is 117 cm³/mol. The lowest BCUT2D eigenvalue weighted by Crippen LogP contribution is -2.33. The van der Waals surface area contributed by atoms with Gasteiger partial charge in [0.2, 0.25) is 0 Å². The van der Waals surface area contributed by atoms with E-state index in [4.69, 9.17) is 0 Å². The molecule has 0 aliphatic heterocycles. The van der Waals surface area contributed by atoms with Gasteiger partial charge in [-0.05, 0) is 51.2 Å². The summed E-state index contributed by atoms with van der Waals surface area (Å²) >= 11 is 0. The summed E-state index contributed by atoms with van der Waals surface area (Å²) in [6, 6.07) is 19.9. The molecule has 0 spiro atoms. The standard InChI is InChI=1S/C24H30N4O2/c1-18(11-10-16-24(2,3)30)25-23(29)21-17-28(27-26-21)22(19-12-6-4-7-13-19)20-14-8-5-9-15-20/h4-9,12-15,17-18,22,30H,10-11,16H2,1-3H3,(H,25,29). The summed E-state index contributed by atoms with van der Waals surface area (Å²) in [7, 11) is 0. The smallest absolute Gasteiger partial charge is 0.273 e. The van der Waals surface area contributed by atoms with Gasteiger partial charge < -0.3 is 10.4 Å². The van der Waals surface area contributed by atoms with Crippen LogP contribution in [0.3, 0.4) is 0 Å². The van der Waals surface area contributed by atoms with Crippen LogP contribution in [0, 0.1) is 0 Å². The Morgan fingerprint density at radius 1 is 1.07 bits per heavy atom. The third-order valence-corrected chi connectivity index (χ3v) is 5.04. The highest BCUT2D eigenvalue weighted by atomic mass is 16.3. The van der Waals surface area contributed by atoms with Crippen molar-refractivity contribution in [2.24, 2.45) is 0 Å². The number of amides is 1. The first-order valence-corrected chi connectivity index (χ1v) is 10.4. The fourth-order valence-electron chi connectivity index (χ4n) is 3.49. The van der Waals surface area contributed by atoms with Crippen molar-refractivity contribution in [1.29, 1.82) is 0 Å². The van der Waals surface area contributed by atoms with Gasteiger partial charge in [-0.2, -0.15) is 0 Å². The molecule has 3 aromatic rings. The van der Waals surface area contributed by atoms with Crippen LogP contribution in [0.2, 0.25) is 0 Å². The van der Waals surface area contributed by atoms with Gasteiger partial charge in [-0.3, -0.25) is 4.79 Å². The van der Waals surface area contributed by atoms with Crippen LogP contribution in [0.4, 0.5) is 0 Å². The van der Waals surface area contributed by atoms with Crippen LogP contribution in [0.25, 0.3) is 0 Å². The maximum absolute atomic E-state index is 12.6. The molecule has 0 aliphatic rings. The maximum atomic E-state index is 12.6. The van der Waals surface area contributed by atoms with Crippen molar-refractivity contribution in [2.75, 3.05) is 0 Å². The second kappa shape index (κ2) is 9.67. The molecule has 0 aliphatic carbocycles. The Labute approximate surface area is 177 Å². The van der Waals surface area contributed by atoms with Gasteiger partial charge in [0.1, 0.15) is 6.04 Å². The zero-order valence-electron chi connectivity index (χ0n) is 17.8. The van der Waals surface area contributed by atoms with Crippen LogP contribution >= 0.6 is 0 Å². The van der Waals surface area contributed by atoms with Crippen molar-refractivity contribution in [1.82, 2.24) is 20.3 Å². The summed E-state index contributed by atoms with van der Waals surface area (Å²) < 4.78 is 1.73. The Bertz CT molecular complexity index is 893. The normalized spacial score (nSPS) is 12.7. The van der Waals surface area contributed by atoms with E-state index in [1.54, 1.807) is 24.7 Å². The molecule has 1 aromatic heterocycles. The molecule has 6 heteroatoms. The Balaban J connectivity index is 1.72. The molecular weight excluding hydrogens is 376 g/mol. The monoisotopic (exact) mass is 406 g/mol. The van der Waals surface area contributed by atoms with Gasteiger partial charge in [-0.1, -0.05) is 65.9 Å². The molecule has 0 fully saturated rings. The molecule has 0 saturated carbocycles. The highest BCUT2D eigenvalue weighted by Crippen LogP contribution is 2.25. The number of hydrogen-bond acceptors (Lipinski definition) is 4. The van der Waals surface area contributed by atoms with E-state index in [-0.39, 0.29) is 18.0 Å². The molecule has 30 heavy (non-hydrogen) atoms. The molecule has 6 nitrogen and oxygen atoms in total. The molecule has 1 heterocycles. The summed E-state index contributed by atoms with van der Waals surface area (Å²) in [6.45, 7) is 5.55. The summed E-state index contributed by atoms with van der Waals surface area (Å²) in [4.78, 5) is 12.6. The molecule has 1 unspecified atom stereocenters. The fraction of sp³-hybridized carbons (Fsp3) is 0.375. The van der Waals surface area contributed by atoms with Crippen molar-refractivity contribution in [2.45, 2.75) is 57.7 Å². The average Bonchev–Trinajstić information content (AvgIpc) is 3.19. The van der Waals surface area contributed by atoms with Crippen molar-refractivity contribution in [3.63, 3.8) is 0 Å². The Morgan fingerprint density at radius 3 is 2.17 bits per heavy atom. The Morgan fingerprint density at radius 2 is 1.63 bits per heavy atom. The number of nitrogens with one attached hydrogen (secondary N) is 1. The van der Waals surface area contributed by atoms with Gasteiger partial charge in [0.25, 0.3) is 5.91 Å². The SMILES string of the molecule is CC(CCCC(C)(C)O)NC(=O)c1cn(C(c2ccccc2)c2ccccc2)nn1. The van der Waals surface area contributed by atoms with E-state index in [1.165, 1.54) is 0 Å². The van der Waals surface area contributed by atoms with Crippen molar-refractivity contribution in [3.05, 3.63) is 83.7 Å². The number of hydrogen-bond donors (Lipinski definition) is 2. The van der Waals surface area contributed by atoms with Gasteiger partial charge in [-0.25, -0.2) is 4.68 Å². The second-order valence-corrected chi connectivity index (χ2v) is 8.39. The third-order valence-electron chi connectivity index (χ3n) is 5.04. The van der Waals surface area contributed by atoms with E-state index in [2.05, 4.69) is 15.6 Å². The number of rotatable bonds is 9. The van der Waals surface area contributed by atoms with Crippen LogP contribution in [0.1, 0.15) is 67.7 Å². The van der Waals surface area contributed by atoms with Crippen LogP contribution in [0.5, 0.6) is 0 Å². The van der Waals surface area contributed by atoms with Gasteiger partial charge in [0, 0.05) is 6.04 Å². The molecule has 158 valence electrons. The van der Waals surface area contributed by atoms with Crippen molar-refractivity contribution >= 4 is 5.91 Å². The largest absolute Gasteiger partial charge is 0.390 e. The molecule has 0 radical (unpaired) electrons. The molecule has 0 saturated heterocycles. The third kappa shape index (κ3) is 6.00. The lowest BCUT2D eigenvalue weighted by Gasteiger charge is -2.19. The average molecular weight is 407 g/mol. The topological polar surface area (TPSA) is 80.0 Å². The predicted octanol–water partition coefficient (Wildman–Crippen LogP) is 3.98. The summed E-state index contributed by atoms with van der Waals surface area (Å²) in [5.41, 5.74) is 1.75. The van der Waals surface area contributed by atoms with Crippen LogP contribution in [0.15, 0.2) is 66.9 Å². The lowest BCUT2D eigenvalue weighted by molar-refractivity contribution is 0.0674. The molecule has 0 bridgehead atoms. The molecule has 3 rings (SSSR count). The number of carbonyl (C=O) groups is 1. The Kier molecular flexibility index (Phi) is 7.00. The second-order valence-electron chi connectivity index (χ2n) is 8.39. The molecule has 2 aromatic carbocycles. The van der Waals surface area contributed by atoms with Gasteiger partial charge in [0.15, 0.2) is 5.69 Å². The van der Waals surface area contributed by atoms with E-state index in [9.17, 15) is 9.90 Å². The first-order valence-electron chi connectivity index (χ1n) is 10.4. The summed E-state index contributed by atoms with van der Waals surface area (Å²) in [5, 5.41) is 21.2. The Hall–Kier alpha value is -2.99. The summed E-state index contributed by atoms with van der Waals surface area (Å²) in [6.07, 6.45) is 4.02. The van der Waals surface area contributed by atoms with Gasteiger partial charge >= 0.3 is 0 Å². The van der Waals surface area contributed by atoms with Gasteiger partial charge in [0.05, 0.1) is 11.8 Å². The molecule has 1 amide bonds. The minimum Gasteiger partial charge on any atom is -0.390 e.